The van der Waals surface area contributed by atoms with Gasteiger partial charge in [0, 0.05) is 17.3 Å². The number of ether oxygens (including phenoxy) is 1. The zero-order valence-electron chi connectivity index (χ0n) is 14.4. The number of carbonyl (C=O) groups excluding carboxylic acids is 1. The van der Waals surface area contributed by atoms with Crippen LogP contribution in [0.2, 0.25) is 0 Å². The Kier molecular flexibility index (Phi) is 3.24. The van der Waals surface area contributed by atoms with Crippen LogP contribution in [0.1, 0.15) is 34.5 Å². The van der Waals surface area contributed by atoms with Gasteiger partial charge in [-0.05, 0) is 24.6 Å². The Hall–Kier alpha value is -2.98. The second-order valence-electron chi connectivity index (χ2n) is 6.84. The van der Waals surface area contributed by atoms with E-state index < -0.39 is 5.72 Å². The van der Waals surface area contributed by atoms with Crippen molar-refractivity contribution in [3.05, 3.63) is 89.6 Å². The van der Waals surface area contributed by atoms with Gasteiger partial charge in [0.2, 0.25) is 0 Å². The van der Waals surface area contributed by atoms with Crippen molar-refractivity contribution in [3.8, 4) is 11.3 Å². The molecule has 0 saturated carbocycles. The topological polar surface area (TPSA) is 42.4 Å². The monoisotopic (exact) mass is 342 g/mol. The van der Waals surface area contributed by atoms with Gasteiger partial charge in [-0.3, -0.25) is 14.7 Å². The molecule has 0 N–H and O–H groups in total. The van der Waals surface area contributed by atoms with E-state index in [9.17, 15) is 4.79 Å². The van der Waals surface area contributed by atoms with Crippen LogP contribution in [0.3, 0.4) is 0 Å². The van der Waals surface area contributed by atoms with E-state index in [4.69, 9.17) is 4.74 Å². The van der Waals surface area contributed by atoms with Gasteiger partial charge in [-0.25, -0.2) is 0 Å². The Morgan fingerprint density at radius 1 is 1.00 bits per heavy atom. The van der Waals surface area contributed by atoms with Crippen LogP contribution in [0.25, 0.3) is 11.3 Å². The molecule has 2 aromatic carbocycles. The summed E-state index contributed by atoms with van der Waals surface area (Å²) in [5, 5.41) is 0. The molecule has 26 heavy (non-hydrogen) atoms. The van der Waals surface area contributed by atoms with E-state index in [-0.39, 0.29) is 11.9 Å². The van der Waals surface area contributed by atoms with Crippen molar-refractivity contribution in [1.82, 2.24) is 9.88 Å². The number of carbonyl (C=O) groups is 1. The van der Waals surface area contributed by atoms with Gasteiger partial charge in [0.1, 0.15) is 0 Å². The first kappa shape index (κ1) is 15.3. The third kappa shape index (κ3) is 1.99. The molecule has 0 spiro atoms. The molecule has 1 fully saturated rings. The number of pyridine rings is 1. The maximum absolute atomic E-state index is 13.6. The van der Waals surface area contributed by atoms with Gasteiger partial charge < -0.3 is 4.74 Å². The zero-order valence-corrected chi connectivity index (χ0v) is 14.4. The molecule has 2 aliphatic rings. The molecule has 0 aliphatic carbocycles. The molecule has 4 heteroatoms. The van der Waals surface area contributed by atoms with Crippen LogP contribution in [-0.2, 0) is 10.5 Å². The summed E-state index contributed by atoms with van der Waals surface area (Å²) in [6, 6.07) is 21.6. The number of aromatic nitrogens is 1. The Balaban J connectivity index is 1.78. The molecule has 5 rings (SSSR count). The molecule has 2 atom stereocenters. The van der Waals surface area contributed by atoms with Crippen LogP contribution < -0.4 is 0 Å². The summed E-state index contributed by atoms with van der Waals surface area (Å²) in [4.78, 5) is 20.0. The minimum absolute atomic E-state index is 0.0434. The lowest BCUT2D eigenvalue weighted by molar-refractivity contribution is -0.0598. The molecular weight excluding hydrogens is 324 g/mol. The largest absolute Gasteiger partial charge is 0.349 e. The average Bonchev–Trinajstić information content (AvgIpc) is 3.03. The van der Waals surface area contributed by atoms with Crippen LogP contribution in [0.4, 0.5) is 0 Å². The first-order chi connectivity index (χ1) is 12.7. The van der Waals surface area contributed by atoms with Crippen molar-refractivity contribution in [2.75, 3.05) is 6.61 Å². The fourth-order valence-corrected chi connectivity index (χ4v) is 4.16. The molecule has 2 aliphatic heterocycles. The highest BCUT2D eigenvalue weighted by Gasteiger charge is 2.52. The number of hydrogen-bond donors (Lipinski definition) is 0. The van der Waals surface area contributed by atoms with Gasteiger partial charge in [0.25, 0.3) is 5.91 Å². The number of rotatable bonds is 1. The SMILES string of the molecule is CC12OCC(c3ccccc3)N1C(=O)c1cccnc1-c1ccccc12. The molecule has 1 amide bonds. The van der Waals surface area contributed by atoms with E-state index in [2.05, 4.69) is 4.98 Å². The van der Waals surface area contributed by atoms with Gasteiger partial charge in [-0.2, -0.15) is 0 Å². The summed E-state index contributed by atoms with van der Waals surface area (Å²) in [6.45, 7) is 2.45. The quantitative estimate of drug-likeness (QED) is 0.667. The fourth-order valence-electron chi connectivity index (χ4n) is 4.16. The maximum Gasteiger partial charge on any atom is 0.259 e. The Bertz CT molecular complexity index is 1000. The fraction of sp³-hybridized carbons (Fsp3) is 0.182. The van der Waals surface area contributed by atoms with Crippen LogP contribution >= 0.6 is 0 Å². The van der Waals surface area contributed by atoms with Crippen molar-refractivity contribution in [2.45, 2.75) is 18.7 Å². The second-order valence-corrected chi connectivity index (χ2v) is 6.84. The summed E-state index contributed by atoms with van der Waals surface area (Å²) in [5.74, 6) is -0.0434. The standard InChI is InChI=1S/C22H18N2O2/c1-22-18-12-6-5-10-16(18)20-17(11-7-13-23-20)21(25)24(22)19(14-26-22)15-8-3-2-4-9-15/h2-13,19H,14H2,1H3. The average molecular weight is 342 g/mol. The van der Waals surface area contributed by atoms with E-state index in [1.54, 1.807) is 6.20 Å². The van der Waals surface area contributed by atoms with Crippen molar-refractivity contribution < 1.29 is 9.53 Å². The summed E-state index contributed by atoms with van der Waals surface area (Å²) in [7, 11) is 0. The van der Waals surface area contributed by atoms with E-state index in [0.717, 1.165) is 22.4 Å². The highest BCUT2D eigenvalue weighted by Crippen LogP contribution is 2.49. The molecule has 2 unspecified atom stereocenters. The first-order valence-corrected chi connectivity index (χ1v) is 8.77. The molecule has 0 bridgehead atoms. The lowest BCUT2D eigenvalue weighted by Crippen LogP contribution is -2.44. The predicted octanol–water partition coefficient (Wildman–Crippen LogP) is 4.15. The number of fused-ring (bicyclic) bond motifs is 5. The third-order valence-corrected chi connectivity index (χ3v) is 5.42. The van der Waals surface area contributed by atoms with E-state index in [1.807, 2.05) is 78.6 Å². The molecule has 1 saturated heterocycles. The highest BCUT2D eigenvalue weighted by atomic mass is 16.5. The Morgan fingerprint density at radius 3 is 2.58 bits per heavy atom. The lowest BCUT2D eigenvalue weighted by Gasteiger charge is -2.36. The lowest BCUT2D eigenvalue weighted by atomic mass is 9.95. The maximum atomic E-state index is 13.6. The molecule has 128 valence electrons. The van der Waals surface area contributed by atoms with Gasteiger partial charge in [-0.1, -0.05) is 54.6 Å². The summed E-state index contributed by atoms with van der Waals surface area (Å²) < 4.78 is 6.30. The number of benzene rings is 2. The van der Waals surface area contributed by atoms with E-state index in [0.29, 0.717) is 12.2 Å². The molecular formula is C22H18N2O2. The normalized spacial score (nSPS) is 23.8. The number of amides is 1. The highest BCUT2D eigenvalue weighted by molar-refractivity contribution is 6.02. The third-order valence-electron chi connectivity index (χ3n) is 5.42. The van der Waals surface area contributed by atoms with Gasteiger partial charge >= 0.3 is 0 Å². The molecule has 0 radical (unpaired) electrons. The van der Waals surface area contributed by atoms with Crippen molar-refractivity contribution >= 4 is 5.91 Å². The molecule has 3 heterocycles. The van der Waals surface area contributed by atoms with E-state index in [1.165, 1.54) is 0 Å². The van der Waals surface area contributed by atoms with Gasteiger partial charge in [-0.15, -0.1) is 0 Å². The Labute approximate surface area is 152 Å². The number of nitrogens with zero attached hydrogens (tertiary/aromatic N) is 2. The Morgan fingerprint density at radius 2 is 1.73 bits per heavy atom. The summed E-state index contributed by atoms with van der Waals surface area (Å²) in [5.41, 5.74) is 3.53. The molecule has 1 aromatic heterocycles. The van der Waals surface area contributed by atoms with Crippen LogP contribution in [0.5, 0.6) is 0 Å². The van der Waals surface area contributed by atoms with Crippen LogP contribution in [0.15, 0.2) is 72.9 Å². The van der Waals surface area contributed by atoms with Crippen LogP contribution in [-0.4, -0.2) is 22.4 Å². The van der Waals surface area contributed by atoms with Crippen LogP contribution in [0, 0.1) is 0 Å². The van der Waals surface area contributed by atoms with Crippen molar-refractivity contribution in [1.29, 1.82) is 0 Å². The zero-order chi connectivity index (χ0) is 17.7. The van der Waals surface area contributed by atoms with Gasteiger partial charge in [0.15, 0.2) is 5.72 Å². The minimum atomic E-state index is -0.825. The predicted molar refractivity (Wildman–Crippen MR) is 98.3 cm³/mol. The molecule has 4 nitrogen and oxygen atoms in total. The minimum Gasteiger partial charge on any atom is -0.349 e. The number of hydrogen-bond acceptors (Lipinski definition) is 3. The van der Waals surface area contributed by atoms with Crippen molar-refractivity contribution in [3.63, 3.8) is 0 Å². The second kappa shape index (κ2) is 5.51. The molecule has 3 aromatic rings. The van der Waals surface area contributed by atoms with E-state index >= 15 is 0 Å². The smallest absolute Gasteiger partial charge is 0.259 e. The van der Waals surface area contributed by atoms with Gasteiger partial charge in [0.05, 0.1) is 23.9 Å². The van der Waals surface area contributed by atoms with Crippen molar-refractivity contribution in [2.24, 2.45) is 0 Å². The summed E-state index contributed by atoms with van der Waals surface area (Å²) >= 11 is 0. The first-order valence-electron chi connectivity index (χ1n) is 8.77. The summed E-state index contributed by atoms with van der Waals surface area (Å²) in [6.07, 6.45) is 1.73.